The number of aliphatic hydroxyl groups is 4. The van der Waals surface area contributed by atoms with Crippen molar-refractivity contribution in [2.45, 2.75) is 56.3 Å². The average molecular weight is 418 g/mol. The van der Waals surface area contributed by atoms with Crippen molar-refractivity contribution in [1.82, 2.24) is 4.57 Å². The molecule has 0 amide bonds. The van der Waals surface area contributed by atoms with Crippen molar-refractivity contribution >= 4 is 12.2 Å². The van der Waals surface area contributed by atoms with Crippen LogP contribution in [0.4, 0.5) is 0 Å². The molecule has 1 aliphatic heterocycles. The van der Waals surface area contributed by atoms with Gasteiger partial charge in [0.2, 0.25) is 0 Å². The number of furan rings is 1. The first-order valence-electron chi connectivity index (χ1n) is 9.54. The van der Waals surface area contributed by atoms with E-state index in [4.69, 9.17) is 21.4 Å². The van der Waals surface area contributed by atoms with Crippen LogP contribution in [0, 0.1) is 16.0 Å². The molecule has 0 aromatic carbocycles. The Kier molecular flexibility index (Phi) is 5.57. The van der Waals surface area contributed by atoms with Crippen LogP contribution in [-0.4, -0.2) is 56.0 Å². The van der Waals surface area contributed by atoms with E-state index in [0.717, 1.165) is 24.1 Å². The van der Waals surface area contributed by atoms with Gasteiger partial charge < -0.3 is 34.1 Å². The fraction of sp³-hybridized carbons (Fsp3) is 0.500. The lowest BCUT2D eigenvalue weighted by atomic mass is 9.88. The number of fused-ring (bicyclic) bond motifs is 1. The summed E-state index contributed by atoms with van der Waals surface area (Å²) in [6.45, 7) is -0.535. The quantitative estimate of drug-likeness (QED) is 0.547. The number of hydrogen-bond acceptors (Lipinski definition) is 8. The summed E-state index contributed by atoms with van der Waals surface area (Å²) in [4.78, 5) is 0. The van der Waals surface area contributed by atoms with E-state index in [2.05, 4.69) is 6.07 Å². The Bertz CT molecular complexity index is 994. The second kappa shape index (κ2) is 7.99. The van der Waals surface area contributed by atoms with Gasteiger partial charge in [-0.25, -0.2) is 0 Å². The smallest absolute Gasteiger partial charge is 0.164 e. The number of ether oxygens (including phenoxy) is 1. The largest absolute Gasteiger partial charge is 0.464 e. The van der Waals surface area contributed by atoms with Crippen LogP contribution in [-0.2, 0) is 17.6 Å². The molecule has 0 spiro atoms. The van der Waals surface area contributed by atoms with Crippen LogP contribution in [0.1, 0.15) is 35.9 Å². The second-order valence-electron chi connectivity index (χ2n) is 7.37. The third-order valence-corrected chi connectivity index (χ3v) is 6.12. The van der Waals surface area contributed by atoms with Gasteiger partial charge in [-0.2, -0.15) is 5.26 Å². The maximum Gasteiger partial charge on any atom is 0.164 e. The molecule has 2 aromatic heterocycles. The normalized spacial score (nSPS) is 29.3. The Labute approximate surface area is 172 Å². The van der Waals surface area contributed by atoms with Gasteiger partial charge in [-0.15, -0.1) is 0 Å². The fourth-order valence-electron chi connectivity index (χ4n) is 4.29. The van der Waals surface area contributed by atoms with Crippen LogP contribution >= 0.6 is 12.2 Å². The van der Waals surface area contributed by atoms with Crippen LogP contribution < -0.4 is 0 Å². The van der Waals surface area contributed by atoms with E-state index < -0.39 is 37.3 Å². The molecule has 0 bridgehead atoms. The predicted molar refractivity (Wildman–Crippen MR) is 103 cm³/mol. The zero-order chi connectivity index (χ0) is 20.7. The molecule has 1 aliphatic carbocycles. The van der Waals surface area contributed by atoms with Crippen LogP contribution in [0.15, 0.2) is 22.8 Å². The molecule has 5 atom stereocenters. The van der Waals surface area contributed by atoms with Crippen molar-refractivity contribution in [2.75, 3.05) is 6.61 Å². The summed E-state index contributed by atoms with van der Waals surface area (Å²) < 4.78 is 13.0. The maximum atomic E-state index is 10.6. The minimum absolute atomic E-state index is 0.156. The van der Waals surface area contributed by atoms with E-state index in [-0.39, 0.29) is 10.2 Å². The number of hydrogen-bond donors (Lipinski definition) is 4. The standard InChI is InChI=1S/C20H22N2O6S/c21-8-11-15(13-6-3-7-27-13)10-4-1-2-5-12(10)22(20(11)29)19-18(26)17(25)16(24)14(9-23)28-19/h3,6-7,14,16-19,23-26H,1-2,4-5,9H2/t14-,16?,17-,18-,19-/m0/s1. The molecular formula is C20H22N2O6S. The Hall–Kier alpha value is -2.06. The third-order valence-electron chi connectivity index (χ3n) is 5.71. The molecule has 4 N–H and O–H groups in total. The summed E-state index contributed by atoms with van der Waals surface area (Å²) in [5.41, 5.74) is 2.58. The van der Waals surface area contributed by atoms with Gasteiger partial charge in [0.25, 0.3) is 0 Å². The van der Waals surface area contributed by atoms with Crippen molar-refractivity contribution < 1.29 is 29.6 Å². The van der Waals surface area contributed by atoms with E-state index in [9.17, 15) is 25.7 Å². The molecule has 1 fully saturated rings. The van der Waals surface area contributed by atoms with Crippen LogP contribution in [0.5, 0.6) is 0 Å². The Morgan fingerprint density at radius 2 is 1.93 bits per heavy atom. The Balaban J connectivity index is 1.96. The van der Waals surface area contributed by atoms with Crippen molar-refractivity contribution in [3.05, 3.63) is 39.9 Å². The van der Waals surface area contributed by atoms with Gasteiger partial charge in [0, 0.05) is 11.3 Å². The van der Waals surface area contributed by atoms with Crippen molar-refractivity contribution in [1.29, 1.82) is 5.26 Å². The number of nitrogens with zero attached hydrogens (tertiary/aromatic N) is 2. The average Bonchev–Trinajstić information content (AvgIpc) is 3.26. The molecule has 1 saturated heterocycles. The first kappa shape index (κ1) is 20.2. The Morgan fingerprint density at radius 3 is 2.59 bits per heavy atom. The van der Waals surface area contributed by atoms with E-state index >= 15 is 0 Å². The van der Waals surface area contributed by atoms with E-state index in [1.54, 1.807) is 16.7 Å². The summed E-state index contributed by atoms with van der Waals surface area (Å²) in [6.07, 6.45) is -1.96. The van der Waals surface area contributed by atoms with E-state index in [1.165, 1.54) is 6.26 Å². The highest BCUT2D eigenvalue weighted by Crippen LogP contribution is 2.39. The van der Waals surface area contributed by atoms with Gasteiger partial charge in [-0.1, -0.05) is 12.2 Å². The summed E-state index contributed by atoms with van der Waals surface area (Å²) >= 11 is 5.62. The number of aromatic nitrogens is 1. The molecule has 29 heavy (non-hydrogen) atoms. The minimum atomic E-state index is -1.53. The summed E-state index contributed by atoms with van der Waals surface area (Å²) in [5.74, 6) is 0.548. The maximum absolute atomic E-state index is 10.6. The SMILES string of the molecule is N#Cc1c(-c2ccco2)c2c(n([C@H]3O[C@@H](CO)C(O)[C@H](O)[C@@H]3O)c1=S)CCCC2. The van der Waals surface area contributed by atoms with Gasteiger partial charge in [0.15, 0.2) is 6.23 Å². The van der Waals surface area contributed by atoms with Crippen LogP contribution in [0.2, 0.25) is 0 Å². The first-order chi connectivity index (χ1) is 14.0. The van der Waals surface area contributed by atoms with Crippen molar-refractivity contribution in [3.8, 4) is 17.4 Å². The molecule has 154 valence electrons. The first-order valence-corrected chi connectivity index (χ1v) is 9.95. The molecular weight excluding hydrogens is 396 g/mol. The highest BCUT2D eigenvalue weighted by atomic mass is 32.1. The van der Waals surface area contributed by atoms with Crippen LogP contribution in [0.3, 0.4) is 0 Å². The zero-order valence-electron chi connectivity index (χ0n) is 15.6. The molecule has 0 saturated carbocycles. The van der Waals surface area contributed by atoms with Gasteiger partial charge >= 0.3 is 0 Å². The Morgan fingerprint density at radius 1 is 1.17 bits per heavy atom. The second-order valence-corrected chi connectivity index (χ2v) is 7.75. The van der Waals surface area contributed by atoms with Gasteiger partial charge in [-0.3, -0.25) is 0 Å². The molecule has 8 nitrogen and oxygen atoms in total. The molecule has 1 unspecified atom stereocenters. The molecule has 2 aliphatic rings. The lowest BCUT2D eigenvalue weighted by molar-refractivity contribution is -0.252. The number of aliphatic hydroxyl groups excluding tert-OH is 4. The molecule has 2 aromatic rings. The highest BCUT2D eigenvalue weighted by molar-refractivity contribution is 7.71. The van der Waals surface area contributed by atoms with Gasteiger partial charge in [0.05, 0.1) is 18.4 Å². The molecule has 4 rings (SSSR count). The highest BCUT2D eigenvalue weighted by Gasteiger charge is 2.45. The summed E-state index contributed by atoms with van der Waals surface area (Å²) in [5, 5.41) is 50.4. The van der Waals surface area contributed by atoms with Crippen molar-refractivity contribution in [3.63, 3.8) is 0 Å². The molecule has 0 radical (unpaired) electrons. The lowest BCUT2D eigenvalue weighted by Gasteiger charge is -2.42. The van der Waals surface area contributed by atoms with E-state index in [0.29, 0.717) is 24.2 Å². The third kappa shape index (κ3) is 3.22. The summed E-state index contributed by atoms with van der Waals surface area (Å²) in [6, 6.07) is 5.68. The molecule has 9 heteroatoms. The van der Waals surface area contributed by atoms with E-state index in [1.807, 2.05) is 0 Å². The predicted octanol–water partition coefficient (Wildman–Crippen LogP) is 1.20. The van der Waals surface area contributed by atoms with Crippen LogP contribution in [0.25, 0.3) is 11.3 Å². The molecule has 3 heterocycles. The number of pyridine rings is 1. The monoisotopic (exact) mass is 418 g/mol. The minimum Gasteiger partial charge on any atom is -0.464 e. The van der Waals surface area contributed by atoms with Gasteiger partial charge in [0.1, 0.15) is 40.9 Å². The van der Waals surface area contributed by atoms with Crippen molar-refractivity contribution in [2.24, 2.45) is 0 Å². The van der Waals surface area contributed by atoms with Gasteiger partial charge in [-0.05, 0) is 43.4 Å². The lowest BCUT2D eigenvalue weighted by Crippen LogP contribution is -2.57. The fourth-order valence-corrected chi connectivity index (χ4v) is 4.65. The topological polar surface area (TPSA) is 132 Å². The number of rotatable bonds is 3. The summed E-state index contributed by atoms with van der Waals surface area (Å²) in [7, 11) is 0. The zero-order valence-corrected chi connectivity index (χ0v) is 16.4. The number of nitriles is 1.